The zero-order chi connectivity index (χ0) is 27.7. The van der Waals surface area contributed by atoms with Gasteiger partial charge in [-0.1, -0.05) is 64.0 Å². The van der Waals surface area contributed by atoms with Crippen molar-refractivity contribution in [3.05, 3.63) is 12.2 Å². The highest BCUT2D eigenvalue weighted by atomic mass is 32.2. The van der Waals surface area contributed by atoms with E-state index in [-0.39, 0.29) is 6.42 Å². The van der Waals surface area contributed by atoms with E-state index in [1.165, 1.54) is 32.1 Å². The lowest BCUT2D eigenvalue weighted by atomic mass is 10.00. The topological polar surface area (TPSA) is 180 Å². The van der Waals surface area contributed by atoms with Gasteiger partial charge in [-0.15, -0.1) is 0 Å². The average molecular weight is 555 g/mol. The molecule has 1 saturated heterocycles. The van der Waals surface area contributed by atoms with Gasteiger partial charge in [-0.25, -0.2) is 0 Å². The van der Waals surface area contributed by atoms with E-state index in [2.05, 4.69) is 19.1 Å². The van der Waals surface area contributed by atoms with Gasteiger partial charge in [0.05, 0.1) is 13.2 Å². The van der Waals surface area contributed by atoms with Gasteiger partial charge in [-0.05, 0) is 25.7 Å². The number of carbonyl (C=O) groups excluding carboxylic acids is 1. The Morgan fingerprint density at radius 3 is 2.11 bits per heavy atom. The highest BCUT2D eigenvalue weighted by Gasteiger charge is 2.45. The van der Waals surface area contributed by atoms with E-state index in [0.717, 1.165) is 32.1 Å². The number of hydrogen-bond donors (Lipinski definition) is 5. The van der Waals surface area contributed by atoms with Crippen molar-refractivity contribution in [2.45, 2.75) is 121 Å². The molecule has 1 aliphatic rings. The lowest BCUT2D eigenvalue weighted by molar-refractivity contribution is -0.297. The molecule has 37 heavy (non-hydrogen) atoms. The van der Waals surface area contributed by atoms with Crippen LogP contribution in [-0.2, 0) is 29.1 Å². The minimum Gasteiger partial charge on any atom is -0.457 e. The van der Waals surface area contributed by atoms with Crippen molar-refractivity contribution in [3.63, 3.8) is 0 Å². The summed E-state index contributed by atoms with van der Waals surface area (Å²) >= 11 is 0. The van der Waals surface area contributed by atoms with Crippen LogP contribution < -0.4 is 0 Å². The van der Waals surface area contributed by atoms with E-state index in [4.69, 9.17) is 18.8 Å². The Morgan fingerprint density at radius 1 is 0.919 bits per heavy atom. The van der Waals surface area contributed by atoms with Crippen LogP contribution in [0.3, 0.4) is 0 Å². The molecule has 0 aromatic heterocycles. The van der Waals surface area contributed by atoms with Gasteiger partial charge in [0.25, 0.3) is 10.1 Å². The molecule has 2 unspecified atom stereocenters. The predicted octanol–water partition coefficient (Wildman–Crippen LogP) is 1.86. The van der Waals surface area contributed by atoms with Crippen molar-refractivity contribution < 1.29 is 52.4 Å². The average Bonchev–Trinajstić information content (AvgIpc) is 2.84. The van der Waals surface area contributed by atoms with Crippen LogP contribution in [0.2, 0.25) is 0 Å². The number of aliphatic hydroxyl groups excluding tert-OH is 4. The highest BCUT2D eigenvalue weighted by Crippen LogP contribution is 2.23. The first-order valence-electron chi connectivity index (χ1n) is 13.3. The van der Waals surface area contributed by atoms with Gasteiger partial charge in [0.2, 0.25) is 0 Å². The molecule has 11 nitrogen and oxygen atoms in total. The van der Waals surface area contributed by atoms with Gasteiger partial charge in [-0.2, -0.15) is 8.42 Å². The third kappa shape index (κ3) is 15.2. The fourth-order valence-corrected chi connectivity index (χ4v) is 4.63. The Bertz CT molecular complexity index is 743. The molecule has 0 amide bonds. The number of hydrogen-bond acceptors (Lipinski definition) is 10. The molecule has 0 saturated carbocycles. The normalized spacial score (nSPS) is 25.4. The molecule has 5 N–H and O–H groups in total. The number of esters is 1. The summed E-state index contributed by atoms with van der Waals surface area (Å²) < 4.78 is 46.8. The van der Waals surface area contributed by atoms with Crippen LogP contribution in [0.15, 0.2) is 12.2 Å². The molecule has 6 atom stereocenters. The summed E-state index contributed by atoms with van der Waals surface area (Å²) in [6.45, 7) is 1.22. The zero-order valence-corrected chi connectivity index (χ0v) is 22.6. The Balaban J connectivity index is 2.22. The van der Waals surface area contributed by atoms with Crippen LogP contribution in [0.1, 0.15) is 84.0 Å². The summed E-state index contributed by atoms with van der Waals surface area (Å²) in [6.07, 6.45) is 7.24. The molecule has 1 rings (SSSR count). The summed E-state index contributed by atoms with van der Waals surface area (Å²) in [5, 5.41) is 39.3. The number of allylic oxidation sites excluding steroid dienone is 2. The second-order valence-corrected chi connectivity index (χ2v) is 11.0. The van der Waals surface area contributed by atoms with Gasteiger partial charge in [-0.3, -0.25) is 9.35 Å². The lowest BCUT2D eigenvalue weighted by Crippen LogP contribution is -2.60. The first-order valence-corrected chi connectivity index (χ1v) is 14.9. The first kappa shape index (κ1) is 33.9. The van der Waals surface area contributed by atoms with E-state index < -0.39 is 71.9 Å². The fourth-order valence-electron chi connectivity index (χ4n) is 3.94. The van der Waals surface area contributed by atoms with E-state index in [0.29, 0.717) is 6.42 Å². The van der Waals surface area contributed by atoms with Gasteiger partial charge < -0.3 is 34.6 Å². The molecule has 0 aromatic carbocycles. The van der Waals surface area contributed by atoms with E-state index >= 15 is 0 Å². The van der Waals surface area contributed by atoms with E-state index in [1.54, 1.807) is 0 Å². The molecule has 0 aliphatic carbocycles. The predicted molar refractivity (Wildman–Crippen MR) is 136 cm³/mol. The summed E-state index contributed by atoms with van der Waals surface area (Å²) in [7, 11) is -4.54. The number of rotatable bonds is 20. The molecular formula is C25H46O11S. The van der Waals surface area contributed by atoms with Crippen LogP contribution in [0.25, 0.3) is 0 Å². The van der Waals surface area contributed by atoms with Crippen LogP contribution in [0, 0.1) is 0 Å². The summed E-state index contributed by atoms with van der Waals surface area (Å²) in [5.74, 6) is -1.53. The second kappa shape index (κ2) is 19.0. The van der Waals surface area contributed by atoms with Gasteiger partial charge in [0.15, 0.2) is 6.29 Å². The fraction of sp³-hybridized carbons (Fsp3) is 0.880. The number of carbonyl (C=O) groups is 1. The summed E-state index contributed by atoms with van der Waals surface area (Å²) in [5.41, 5.74) is 0. The second-order valence-electron chi connectivity index (χ2n) is 9.52. The summed E-state index contributed by atoms with van der Waals surface area (Å²) in [6, 6.07) is 0. The van der Waals surface area contributed by atoms with Crippen molar-refractivity contribution in [2.75, 3.05) is 19.0 Å². The van der Waals surface area contributed by atoms with Crippen LogP contribution in [0.4, 0.5) is 0 Å². The maximum Gasteiger partial charge on any atom is 0.306 e. The largest absolute Gasteiger partial charge is 0.457 e. The molecule has 1 aliphatic heterocycles. The molecule has 0 radical (unpaired) electrons. The molecule has 12 heteroatoms. The third-order valence-corrected chi connectivity index (χ3v) is 6.88. The third-order valence-electron chi connectivity index (χ3n) is 6.13. The number of ether oxygens (including phenoxy) is 3. The Kier molecular flexibility index (Phi) is 17.4. The molecule has 1 heterocycles. The first-order chi connectivity index (χ1) is 17.6. The Hall–Kier alpha value is -1.12. The smallest absolute Gasteiger partial charge is 0.306 e. The van der Waals surface area contributed by atoms with Gasteiger partial charge in [0.1, 0.15) is 36.3 Å². The molecule has 0 bridgehead atoms. The zero-order valence-electron chi connectivity index (χ0n) is 21.8. The minimum absolute atomic E-state index is 0.183. The maximum atomic E-state index is 12.1. The van der Waals surface area contributed by atoms with Gasteiger partial charge in [0, 0.05) is 6.42 Å². The van der Waals surface area contributed by atoms with Crippen molar-refractivity contribution in [1.82, 2.24) is 0 Å². The van der Waals surface area contributed by atoms with Crippen LogP contribution in [-0.4, -0.2) is 95.1 Å². The molecule has 0 aromatic rings. The Morgan fingerprint density at radius 2 is 1.51 bits per heavy atom. The van der Waals surface area contributed by atoms with Gasteiger partial charge >= 0.3 is 5.97 Å². The highest BCUT2D eigenvalue weighted by molar-refractivity contribution is 7.85. The quantitative estimate of drug-likeness (QED) is 0.0641. The van der Waals surface area contributed by atoms with Crippen molar-refractivity contribution in [1.29, 1.82) is 0 Å². The van der Waals surface area contributed by atoms with E-state index in [9.17, 15) is 33.6 Å². The van der Waals surface area contributed by atoms with Crippen molar-refractivity contribution in [3.8, 4) is 0 Å². The standard InChI is InChI=1S/C25H46O11S/c1-2-3-4-5-6-7-8-9-10-11-12-13-14-15-21(27)35-19(16-26)17-34-25-24(30)23(29)22(28)20(36-25)18-37(31,32)33/h5-6,19-20,22-26,28-30H,2-4,7-18H2,1H3,(H,31,32,33)/b6-5-/t19-,20-,22-,23?,24?,25+/m1/s1. The van der Waals surface area contributed by atoms with Crippen molar-refractivity contribution in [2.24, 2.45) is 0 Å². The SMILES string of the molecule is CCCC/C=C\CCCCCCCCCC(=O)O[C@H](CO)CO[C@H]1O[C@H](CS(=O)(=O)O)[C@@H](O)C(O)C1O. The molecule has 218 valence electrons. The van der Waals surface area contributed by atoms with Crippen LogP contribution in [0.5, 0.6) is 0 Å². The number of aliphatic hydroxyl groups is 4. The van der Waals surface area contributed by atoms with E-state index in [1.807, 2.05) is 0 Å². The number of unbranched alkanes of at least 4 members (excludes halogenated alkanes) is 9. The molecule has 0 spiro atoms. The Labute approximate surface area is 220 Å². The monoisotopic (exact) mass is 554 g/mol. The van der Waals surface area contributed by atoms with Crippen molar-refractivity contribution >= 4 is 16.1 Å². The minimum atomic E-state index is -4.54. The lowest BCUT2D eigenvalue weighted by Gasteiger charge is -2.40. The van der Waals surface area contributed by atoms with Crippen LogP contribution >= 0.6 is 0 Å². The summed E-state index contributed by atoms with van der Waals surface area (Å²) in [4.78, 5) is 12.1. The molecule has 1 fully saturated rings. The molecular weight excluding hydrogens is 508 g/mol. The maximum absolute atomic E-state index is 12.1.